The Morgan fingerprint density at radius 1 is 0.972 bits per heavy atom. The Bertz CT molecular complexity index is 1310. The Kier molecular flexibility index (Phi) is 5.98. The maximum Gasteiger partial charge on any atom is 0.233 e. The van der Waals surface area contributed by atoms with Gasteiger partial charge in [-0.3, -0.25) is 9.69 Å². The van der Waals surface area contributed by atoms with Gasteiger partial charge >= 0.3 is 0 Å². The summed E-state index contributed by atoms with van der Waals surface area (Å²) in [6.07, 6.45) is 8.81. The Morgan fingerprint density at radius 3 is 2.61 bits per heavy atom. The van der Waals surface area contributed by atoms with E-state index in [4.69, 9.17) is 4.74 Å². The molecule has 6 bridgehead atoms. The normalized spacial score (nSPS) is 19.9. The van der Waals surface area contributed by atoms with E-state index in [0.29, 0.717) is 23.6 Å². The highest BCUT2D eigenvalue weighted by molar-refractivity contribution is 5.88. The van der Waals surface area contributed by atoms with E-state index in [1.807, 2.05) is 48.9 Å². The van der Waals surface area contributed by atoms with Gasteiger partial charge in [-0.1, -0.05) is 37.5 Å². The van der Waals surface area contributed by atoms with Crippen LogP contribution in [0, 0.1) is 11.3 Å². The van der Waals surface area contributed by atoms with Gasteiger partial charge in [-0.05, 0) is 48.2 Å². The van der Waals surface area contributed by atoms with Crippen LogP contribution in [0.2, 0.25) is 0 Å². The number of nitriles is 1. The van der Waals surface area contributed by atoms with Crippen molar-refractivity contribution in [1.82, 2.24) is 19.4 Å². The number of rotatable bonds is 0. The van der Waals surface area contributed by atoms with Gasteiger partial charge in [0.1, 0.15) is 17.6 Å². The molecule has 2 fully saturated rings. The van der Waals surface area contributed by atoms with Gasteiger partial charge in [0, 0.05) is 45.5 Å². The minimum Gasteiger partial charge on any atom is -0.456 e. The van der Waals surface area contributed by atoms with E-state index >= 15 is 0 Å². The third kappa shape index (κ3) is 4.16. The molecule has 7 rings (SSSR count). The molecule has 2 aromatic carbocycles. The second-order valence-electron chi connectivity index (χ2n) is 10.3. The molecule has 0 unspecified atom stereocenters. The maximum absolute atomic E-state index is 14.1. The van der Waals surface area contributed by atoms with Crippen molar-refractivity contribution in [1.29, 1.82) is 5.26 Å². The summed E-state index contributed by atoms with van der Waals surface area (Å²) in [6.45, 7) is 4.66. The molecular weight excluding hydrogens is 450 g/mol. The molecule has 0 atom stereocenters. The highest BCUT2D eigenvalue weighted by atomic mass is 16.5. The van der Waals surface area contributed by atoms with Crippen LogP contribution in [-0.2, 0) is 23.3 Å². The molecule has 1 aliphatic carbocycles. The monoisotopic (exact) mass is 481 g/mol. The van der Waals surface area contributed by atoms with E-state index in [2.05, 4.69) is 31.5 Å². The maximum atomic E-state index is 14.1. The van der Waals surface area contributed by atoms with Crippen LogP contribution in [0.15, 0.2) is 55.0 Å². The predicted octanol–water partition coefficient (Wildman–Crippen LogP) is 4.46. The lowest BCUT2D eigenvalue weighted by Crippen LogP contribution is -2.55. The van der Waals surface area contributed by atoms with E-state index < -0.39 is 5.41 Å². The molecule has 1 saturated heterocycles. The first-order chi connectivity index (χ1) is 17.6. The number of benzene rings is 2. The lowest BCUT2D eigenvalue weighted by atomic mass is 9.68. The number of fused-ring (bicyclic) bond motifs is 2. The Hall–Kier alpha value is -3.63. The van der Waals surface area contributed by atoms with Gasteiger partial charge in [0.25, 0.3) is 0 Å². The number of amides is 1. The second-order valence-corrected chi connectivity index (χ2v) is 10.3. The molecule has 3 aromatic rings. The molecule has 1 saturated carbocycles. The first kappa shape index (κ1) is 22.8. The number of ether oxygens (including phenoxy) is 1. The quantitative estimate of drug-likeness (QED) is 0.474. The smallest absolute Gasteiger partial charge is 0.233 e. The SMILES string of the molecule is N#Cc1ccc2cc1Oc1cccc(c1)C1(CCCCC1)C(=O)N1CCN(CC1)Cc1cncn1C2. The fraction of sp³-hybridized carbons (Fsp3) is 0.414. The number of imidazole rings is 1. The van der Waals surface area contributed by atoms with E-state index in [1.54, 1.807) is 0 Å². The fourth-order valence-corrected chi connectivity index (χ4v) is 6.07. The summed E-state index contributed by atoms with van der Waals surface area (Å²) in [5, 5.41) is 9.73. The number of carbonyl (C=O) groups excluding carboxylic acids is 1. The van der Waals surface area contributed by atoms with E-state index in [9.17, 15) is 10.1 Å². The lowest BCUT2D eigenvalue weighted by molar-refractivity contribution is -0.140. The van der Waals surface area contributed by atoms with Crippen LogP contribution in [0.25, 0.3) is 0 Å². The van der Waals surface area contributed by atoms with Gasteiger partial charge in [-0.25, -0.2) is 4.98 Å². The fourth-order valence-electron chi connectivity index (χ4n) is 6.07. The van der Waals surface area contributed by atoms with Gasteiger partial charge in [-0.15, -0.1) is 0 Å². The highest BCUT2D eigenvalue weighted by Gasteiger charge is 2.44. The number of carbonyl (C=O) groups is 1. The Labute approximate surface area is 211 Å². The lowest BCUT2D eigenvalue weighted by Gasteiger charge is -2.43. The van der Waals surface area contributed by atoms with E-state index in [-0.39, 0.29) is 5.91 Å². The average molecular weight is 482 g/mol. The number of piperazine rings is 1. The average Bonchev–Trinajstić information content (AvgIpc) is 3.35. The molecule has 7 nitrogen and oxygen atoms in total. The van der Waals surface area contributed by atoms with Crippen LogP contribution in [-0.4, -0.2) is 51.4 Å². The topological polar surface area (TPSA) is 74.4 Å². The summed E-state index contributed by atoms with van der Waals surface area (Å²) in [5.74, 6) is 1.46. The molecule has 0 radical (unpaired) electrons. The van der Waals surface area contributed by atoms with Gasteiger partial charge < -0.3 is 14.2 Å². The minimum atomic E-state index is -0.508. The van der Waals surface area contributed by atoms with Crippen molar-refractivity contribution < 1.29 is 9.53 Å². The summed E-state index contributed by atoms with van der Waals surface area (Å²) in [4.78, 5) is 23.0. The van der Waals surface area contributed by atoms with Crippen LogP contribution in [0.5, 0.6) is 11.5 Å². The molecule has 4 heterocycles. The van der Waals surface area contributed by atoms with Crippen molar-refractivity contribution in [3.05, 3.63) is 77.4 Å². The minimum absolute atomic E-state index is 0.257. The summed E-state index contributed by atoms with van der Waals surface area (Å²) in [5.41, 5.74) is 3.21. The standard InChI is InChI=1S/C29H31N5O2/c30-17-23-8-7-22-15-27(23)36-26-6-4-5-24(16-26)29(9-2-1-3-10-29)28(35)33-13-11-32(12-14-33)20-25-18-31-21-34(25)19-22/h4-8,15-16,18,21H,1-3,9-14,19-20H2. The second kappa shape index (κ2) is 9.44. The highest BCUT2D eigenvalue weighted by Crippen LogP contribution is 2.43. The van der Waals surface area contributed by atoms with Gasteiger partial charge in [-0.2, -0.15) is 5.26 Å². The zero-order valence-electron chi connectivity index (χ0n) is 20.5. The van der Waals surface area contributed by atoms with Crippen molar-refractivity contribution in [2.75, 3.05) is 26.2 Å². The third-order valence-corrected chi connectivity index (χ3v) is 8.09. The summed E-state index contributed by atoms with van der Waals surface area (Å²) < 4.78 is 8.48. The largest absolute Gasteiger partial charge is 0.456 e. The van der Waals surface area contributed by atoms with Crippen molar-refractivity contribution in [3.63, 3.8) is 0 Å². The Morgan fingerprint density at radius 2 is 1.81 bits per heavy atom. The van der Waals surface area contributed by atoms with Crippen LogP contribution in [0.1, 0.15) is 54.5 Å². The summed E-state index contributed by atoms with van der Waals surface area (Å²) in [7, 11) is 0. The van der Waals surface area contributed by atoms with Crippen LogP contribution in [0.3, 0.4) is 0 Å². The Balaban J connectivity index is 1.45. The molecule has 7 heteroatoms. The molecule has 0 N–H and O–H groups in total. The molecule has 1 amide bonds. The first-order valence-electron chi connectivity index (χ1n) is 13.0. The van der Waals surface area contributed by atoms with E-state index in [1.165, 1.54) is 6.42 Å². The number of nitrogens with zero attached hydrogens (tertiary/aromatic N) is 5. The van der Waals surface area contributed by atoms with E-state index in [0.717, 1.165) is 75.2 Å². The zero-order valence-corrected chi connectivity index (χ0v) is 20.5. The number of hydrogen-bond donors (Lipinski definition) is 0. The molecule has 3 aliphatic heterocycles. The van der Waals surface area contributed by atoms with Crippen molar-refractivity contribution in [2.24, 2.45) is 0 Å². The molecule has 4 aliphatic rings. The summed E-state index contributed by atoms with van der Waals surface area (Å²) in [6, 6.07) is 16.0. The van der Waals surface area contributed by atoms with Crippen LogP contribution < -0.4 is 4.74 Å². The first-order valence-corrected chi connectivity index (χ1v) is 13.0. The number of aromatic nitrogens is 2. The van der Waals surface area contributed by atoms with Crippen molar-refractivity contribution in [3.8, 4) is 17.6 Å². The summed E-state index contributed by atoms with van der Waals surface area (Å²) >= 11 is 0. The van der Waals surface area contributed by atoms with Crippen LogP contribution >= 0.6 is 0 Å². The van der Waals surface area contributed by atoms with Crippen molar-refractivity contribution >= 4 is 5.91 Å². The molecule has 1 aromatic heterocycles. The molecule has 1 spiro atoms. The zero-order chi connectivity index (χ0) is 24.5. The van der Waals surface area contributed by atoms with Gasteiger partial charge in [0.15, 0.2) is 0 Å². The van der Waals surface area contributed by atoms with Crippen molar-refractivity contribution in [2.45, 2.75) is 50.6 Å². The third-order valence-electron chi connectivity index (χ3n) is 8.09. The predicted molar refractivity (Wildman–Crippen MR) is 136 cm³/mol. The molecule has 184 valence electrons. The molecule has 36 heavy (non-hydrogen) atoms. The molecular formula is C29H31N5O2. The number of hydrogen-bond acceptors (Lipinski definition) is 5. The van der Waals surface area contributed by atoms with Gasteiger partial charge in [0.2, 0.25) is 5.91 Å². The van der Waals surface area contributed by atoms with Crippen LogP contribution in [0.4, 0.5) is 0 Å². The van der Waals surface area contributed by atoms with Gasteiger partial charge in [0.05, 0.1) is 23.0 Å².